The third-order valence-electron chi connectivity index (χ3n) is 4.82. The van der Waals surface area contributed by atoms with Gasteiger partial charge in [-0.1, -0.05) is 27.7 Å². The van der Waals surface area contributed by atoms with E-state index >= 15 is 0 Å². The van der Waals surface area contributed by atoms with Crippen molar-refractivity contribution in [2.45, 2.75) is 84.0 Å². The third kappa shape index (κ3) is 12.0. The number of nitrogens with one attached hydrogen (secondary N) is 3. The predicted molar refractivity (Wildman–Crippen MR) is 122 cm³/mol. The lowest BCUT2D eigenvalue weighted by molar-refractivity contribution is -0.134. The molecule has 0 radical (unpaired) electrons. The van der Waals surface area contributed by atoms with Gasteiger partial charge in [-0.15, -0.1) is 0 Å². The van der Waals surface area contributed by atoms with Crippen molar-refractivity contribution >= 4 is 23.6 Å². The number of unbranched alkanes of at least 4 members (excludes halogenated alkanes) is 1. The molecule has 0 aliphatic heterocycles. The van der Waals surface area contributed by atoms with Gasteiger partial charge in [-0.05, 0) is 50.5 Å². The molecule has 0 aliphatic carbocycles. The molecule has 11 nitrogen and oxygen atoms in total. The molecule has 0 fully saturated rings. The van der Waals surface area contributed by atoms with Gasteiger partial charge in [0.15, 0.2) is 0 Å². The van der Waals surface area contributed by atoms with Crippen molar-refractivity contribution in [3.05, 3.63) is 0 Å². The predicted octanol–water partition coefficient (Wildman–Crippen LogP) is -1.53. The highest BCUT2D eigenvalue weighted by atomic mass is 16.3. The quantitative estimate of drug-likeness (QED) is 0.136. The lowest BCUT2D eigenvalue weighted by atomic mass is 10.0. The van der Waals surface area contributed by atoms with Crippen molar-refractivity contribution in [2.75, 3.05) is 13.2 Å². The summed E-state index contributed by atoms with van der Waals surface area (Å²) in [5.74, 6) is -2.25. The van der Waals surface area contributed by atoms with Crippen LogP contribution in [0.1, 0.15) is 59.8 Å². The summed E-state index contributed by atoms with van der Waals surface area (Å²) in [5, 5.41) is 17.2. The third-order valence-corrected chi connectivity index (χ3v) is 4.82. The Labute approximate surface area is 190 Å². The number of aliphatic hydroxyl groups excluding tert-OH is 1. The average Bonchev–Trinajstić information content (AvgIpc) is 2.69. The molecule has 0 aromatic carbocycles. The van der Waals surface area contributed by atoms with Crippen LogP contribution in [0.15, 0.2) is 0 Å². The van der Waals surface area contributed by atoms with Gasteiger partial charge in [0.2, 0.25) is 23.6 Å². The number of rotatable bonds is 16. The maximum Gasteiger partial charge on any atom is 0.245 e. The lowest BCUT2D eigenvalue weighted by Gasteiger charge is -2.25. The summed E-state index contributed by atoms with van der Waals surface area (Å²) in [6.45, 7) is 7.35. The Hall–Kier alpha value is -2.24. The van der Waals surface area contributed by atoms with Crippen LogP contribution >= 0.6 is 0 Å². The molecule has 0 rings (SSSR count). The van der Waals surface area contributed by atoms with Crippen LogP contribution in [0.2, 0.25) is 0 Å². The Morgan fingerprint density at radius 1 is 0.781 bits per heavy atom. The summed E-state index contributed by atoms with van der Waals surface area (Å²) in [6, 6.07) is -3.96. The van der Waals surface area contributed by atoms with E-state index in [9.17, 15) is 24.3 Å². The number of hydrogen-bond acceptors (Lipinski definition) is 7. The van der Waals surface area contributed by atoms with E-state index in [0.717, 1.165) is 0 Å². The first-order valence-corrected chi connectivity index (χ1v) is 11.2. The number of amides is 4. The molecule has 4 amide bonds. The molecular weight excluding hydrogens is 416 g/mol. The zero-order valence-corrected chi connectivity index (χ0v) is 19.7. The van der Waals surface area contributed by atoms with Crippen molar-refractivity contribution < 1.29 is 24.3 Å². The normalized spacial score (nSPS) is 15.0. The first kappa shape index (κ1) is 29.8. The van der Waals surface area contributed by atoms with Crippen molar-refractivity contribution in [2.24, 2.45) is 29.0 Å². The maximum atomic E-state index is 12.8. The molecule has 0 aliphatic rings. The highest BCUT2D eigenvalue weighted by molar-refractivity contribution is 5.94. The van der Waals surface area contributed by atoms with Crippen molar-refractivity contribution in [3.8, 4) is 0 Å². The number of hydrogen-bond donors (Lipinski definition) is 7. The zero-order chi connectivity index (χ0) is 24.8. The van der Waals surface area contributed by atoms with Crippen molar-refractivity contribution in [3.63, 3.8) is 0 Å². The van der Waals surface area contributed by atoms with E-state index in [1.54, 1.807) is 0 Å². The Morgan fingerprint density at radius 2 is 1.28 bits per heavy atom. The van der Waals surface area contributed by atoms with Crippen LogP contribution in [0.4, 0.5) is 0 Å². The minimum atomic E-state index is -1.27. The van der Waals surface area contributed by atoms with Gasteiger partial charge in [0, 0.05) is 0 Å². The summed E-state index contributed by atoms with van der Waals surface area (Å²) >= 11 is 0. The topological polar surface area (TPSA) is 203 Å². The Kier molecular flexibility index (Phi) is 14.5. The number of carbonyl (C=O) groups excluding carboxylic acids is 4. The molecule has 11 heteroatoms. The standard InChI is InChI=1S/C21H42N6O5/c1-12(2)9-14(23)19(30)27-17(11-28)21(32)25-15(7-5-6-8-22)20(31)26-16(18(24)29)10-13(3)4/h12-17,28H,5-11,22-23H2,1-4H3,(H2,24,29)(H,25,32)(H,26,31)(H,27,30)/t14-,15-,16-,17-/m0/s1. The fourth-order valence-electron chi connectivity index (χ4n) is 3.11. The Balaban J connectivity index is 5.26. The highest BCUT2D eigenvalue weighted by Crippen LogP contribution is 2.07. The SMILES string of the molecule is CC(C)C[C@H](NC(=O)[C@H](CCCCN)NC(=O)[C@H](CO)NC(=O)[C@@H](N)CC(C)C)C(N)=O. The molecule has 0 spiro atoms. The Morgan fingerprint density at radius 3 is 1.75 bits per heavy atom. The summed E-state index contributed by atoms with van der Waals surface area (Å²) in [4.78, 5) is 49.4. The van der Waals surface area contributed by atoms with Crippen LogP contribution in [-0.2, 0) is 19.2 Å². The van der Waals surface area contributed by atoms with Gasteiger partial charge >= 0.3 is 0 Å². The van der Waals surface area contributed by atoms with E-state index < -0.39 is 54.4 Å². The summed E-state index contributed by atoms with van der Waals surface area (Å²) in [5.41, 5.74) is 16.7. The van der Waals surface area contributed by atoms with Gasteiger partial charge in [0.05, 0.1) is 12.6 Å². The van der Waals surface area contributed by atoms with Crippen LogP contribution in [0.5, 0.6) is 0 Å². The van der Waals surface area contributed by atoms with E-state index in [1.807, 2.05) is 27.7 Å². The van der Waals surface area contributed by atoms with Gasteiger partial charge in [0.1, 0.15) is 18.1 Å². The number of nitrogens with two attached hydrogens (primary N) is 3. The van der Waals surface area contributed by atoms with Crippen LogP contribution in [-0.4, -0.2) is 66.1 Å². The van der Waals surface area contributed by atoms with Gasteiger partial charge in [-0.2, -0.15) is 0 Å². The van der Waals surface area contributed by atoms with E-state index in [4.69, 9.17) is 17.2 Å². The minimum Gasteiger partial charge on any atom is -0.394 e. The average molecular weight is 459 g/mol. The second-order valence-corrected chi connectivity index (χ2v) is 8.92. The monoisotopic (exact) mass is 458 g/mol. The molecule has 0 saturated heterocycles. The Bertz CT molecular complexity index is 613. The van der Waals surface area contributed by atoms with Gasteiger partial charge in [0.25, 0.3) is 0 Å². The van der Waals surface area contributed by atoms with Crippen LogP contribution in [0.25, 0.3) is 0 Å². The molecule has 10 N–H and O–H groups in total. The molecule has 0 bridgehead atoms. The number of aliphatic hydroxyl groups is 1. The molecule has 0 aromatic rings. The molecule has 32 heavy (non-hydrogen) atoms. The largest absolute Gasteiger partial charge is 0.394 e. The van der Waals surface area contributed by atoms with Gasteiger partial charge < -0.3 is 38.3 Å². The van der Waals surface area contributed by atoms with Crippen molar-refractivity contribution in [1.29, 1.82) is 0 Å². The fraction of sp³-hybridized carbons (Fsp3) is 0.810. The first-order chi connectivity index (χ1) is 14.9. The molecule has 0 unspecified atom stereocenters. The minimum absolute atomic E-state index is 0.113. The molecule has 0 heterocycles. The second kappa shape index (κ2) is 15.5. The zero-order valence-electron chi connectivity index (χ0n) is 19.7. The number of primary amides is 1. The van der Waals surface area contributed by atoms with Gasteiger partial charge in [-0.3, -0.25) is 19.2 Å². The van der Waals surface area contributed by atoms with E-state index in [-0.39, 0.29) is 18.3 Å². The lowest BCUT2D eigenvalue weighted by Crippen LogP contribution is -2.58. The molecular formula is C21H42N6O5. The smallest absolute Gasteiger partial charge is 0.245 e. The van der Waals surface area contributed by atoms with Crippen LogP contribution in [0, 0.1) is 11.8 Å². The molecule has 0 saturated carbocycles. The molecule has 0 aromatic heterocycles. The van der Waals surface area contributed by atoms with E-state index in [1.165, 1.54) is 0 Å². The second-order valence-electron chi connectivity index (χ2n) is 8.92. The van der Waals surface area contributed by atoms with Crippen LogP contribution in [0.3, 0.4) is 0 Å². The van der Waals surface area contributed by atoms with Crippen LogP contribution < -0.4 is 33.2 Å². The summed E-state index contributed by atoms with van der Waals surface area (Å²) in [7, 11) is 0. The highest BCUT2D eigenvalue weighted by Gasteiger charge is 2.29. The maximum absolute atomic E-state index is 12.8. The molecule has 186 valence electrons. The fourth-order valence-corrected chi connectivity index (χ4v) is 3.11. The van der Waals surface area contributed by atoms with E-state index in [0.29, 0.717) is 32.2 Å². The summed E-state index contributed by atoms with van der Waals surface area (Å²) in [6.07, 6.45) is 2.22. The number of carbonyl (C=O) groups is 4. The molecule has 4 atom stereocenters. The van der Waals surface area contributed by atoms with Gasteiger partial charge in [-0.25, -0.2) is 0 Å². The summed E-state index contributed by atoms with van der Waals surface area (Å²) < 4.78 is 0. The first-order valence-electron chi connectivity index (χ1n) is 11.2. The van der Waals surface area contributed by atoms with E-state index in [2.05, 4.69) is 16.0 Å². The van der Waals surface area contributed by atoms with Crippen molar-refractivity contribution in [1.82, 2.24) is 16.0 Å².